The average Bonchev–Trinajstić information content (AvgIpc) is 3.30. The minimum absolute atomic E-state index is 0.0177. The zero-order valence-electron chi connectivity index (χ0n) is 18.5. The van der Waals surface area contributed by atoms with Crippen molar-refractivity contribution in [1.82, 2.24) is 5.43 Å². The van der Waals surface area contributed by atoms with Gasteiger partial charge in [-0.1, -0.05) is 32.9 Å². The fraction of sp³-hybridized carbons (Fsp3) is 0.240. The van der Waals surface area contributed by atoms with E-state index in [0.717, 1.165) is 5.56 Å². The Labute approximate surface area is 187 Å². The normalized spacial score (nSPS) is 11.4. The van der Waals surface area contributed by atoms with Gasteiger partial charge in [-0.3, -0.25) is 4.79 Å². The maximum atomic E-state index is 12.3. The number of hydrogen-bond donors (Lipinski definition) is 1. The third-order valence-corrected chi connectivity index (χ3v) is 4.59. The van der Waals surface area contributed by atoms with Crippen LogP contribution < -0.4 is 14.9 Å². The Kier molecular flexibility index (Phi) is 7.10. The maximum Gasteiger partial charge on any atom is 0.379 e. The molecule has 1 N–H and O–H groups in total. The third kappa shape index (κ3) is 5.85. The number of carbonyl (C=O) groups is 2. The summed E-state index contributed by atoms with van der Waals surface area (Å²) in [4.78, 5) is 24.5. The van der Waals surface area contributed by atoms with E-state index in [1.807, 2.05) is 19.1 Å². The first-order valence-corrected chi connectivity index (χ1v) is 10.2. The molecule has 2 aromatic carbocycles. The van der Waals surface area contributed by atoms with E-state index >= 15 is 0 Å². The first kappa shape index (κ1) is 22.8. The van der Waals surface area contributed by atoms with Crippen LogP contribution in [0.2, 0.25) is 0 Å². The minimum Gasteiger partial charge on any atom is -0.490 e. The molecule has 7 heteroatoms. The van der Waals surface area contributed by atoms with Crippen LogP contribution in [0.25, 0.3) is 0 Å². The molecular formula is C25H26N2O5. The topological polar surface area (TPSA) is 90.1 Å². The Bertz CT molecular complexity index is 1090. The molecule has 0 unspecified atom stereocenters. The molecule has 3 rings (SSSR count). The predicted octanol–water partition coefficient (Wildman–Crippen LogP) is 4.96. The van der Waals surface area contributed by atoms with Crippen molar-refractivity contribution in [3.8, 4) is 11.5 Å². The second-order valence-electron chi connectivity index (χ2n) is 8.03. The van der Waals surface area contributed by atoms with Crippen LogP contribution in [0.4, 0.5) is 0 Å². The molecule has 166 valence electrons. The summed E-state index contributed by atoms with van der Waals surface area (Å²) in [5, 5.41) is 4.02. The molecule has 0 spiro atoms. The highest BCUT2D eigenvalue weighted by atomic mass is 16.6. The zero-order valence-corrected chi connectivity index (χ0v) is 18.5. The molecule has 0 saturated carbocycles. The molecule has 0 bridgehead atoms. The number of amides is 1. The fourth-order valence-corrected chi connectivity index (χ4v) is 2.85. The molecule has 3 aromatic rings. The molecule has 0 aliphatic rings. The van der Waals surface area contributed by atoms with Gasteiger partial charge in [-0.2, -0.15) is 5.10 Å². The van der Waals surface area contributed by atoms with E-state index in [1.54, 1.807) is 36.4 Å². The van der Waals surface area contributed by atoms with Gasteiger partial charge < -0.3 is 13.9 Å². The molecule has 1 aromatic heterocycles. The molecule has 7 nitrogen and oxygen atoms in total. The molecule has 0 aliphatic heterocycles. The van der Waals surface area contributed by atoms with Crippen LogP contribution in [0.5, 0.6) is 11.5 Å². The summed E-state index contributed by atoms with van der Waals surface area (Å²) in [5.74, 6) is -0.206. The van der Waals surface area contributed by atoms with Gasteiger partial charge in [0.2, 0.25) is 5.76 Å². The Morgan fingerprint density at radius 1 is 1.06 bits per heavy atom. The van der Waals surface area contributed by atoms with Crippen LogP contribution in [0, 0.1) is 0 Å². The monoisotopic (exact) mass is 434 g/mol. The van der Waals surface area contributed by atoms with Gasteiger partial charge in [0.05, 0.1) is 19.1 Å². The number of nitrogens with zero attached hydrogens (tertiary/aromatic N) is 1. The lowest BCUT2D eigenvalue weighted by Crippen LogP contribution is -2.18. The molecule has 0 atom stereocenters. The van der Waals surface area contributed by atoms with Crippen molar-refractivity contribution in [2.75, 3.05) is 6.61 Å². The number of esters is 1. The molecule has 1 heterocycles. The van der Waals surface area contributed by atoms with Gasteiger partial charge in [-0.05, 0) is 65.9 Å². The van der Waals surface area contributed by atoms with Crippen LogP contribution in [-0.4, -0.2) is 24.7 Å². The Hall–Kier alpha value is -3.87. The minimum atomic E-state index is -0.623. The molecular weight excluding hydrogens is 408 g/mol. The van der Waals surface area contributed by atoms with E-state index in [4.69, 9.17) is 13.9 Å². The number of benzene rings is 2. The number of ether oxygens (including phenoxy) is 2. The van der Waals surface area contributed by atoms with Crippen molar-refractivity contribution in [2.45, 2.75) is 33.1 Å². The van der Waals surface area contributed by atoms with Crippen LogP contribution in [0.15, 0.2) is 70.4 Å². The number of carbonyl (C=O) groups excluding carboxylic acids is 2. The van der Waals surface area contributed by atoms with Crippen LogP contribution >= 0.6 is 0 Å². The second kappa shape index (κ2) is 9.96. The highest BCUT2D eigenvalue weighted by Gasteiger charge is 2.16. The van der Waals surface area contributed by atoms with Crippen molar-refractivity contribution in [1.29, 1.82) is 0 Å². The lowest BCUT2D eigenvalue weighted by Gasteiger charge is -2.18. The summed E-state index contributed by atoms with van der Waals surface area (Å²) in [7, 11) is 0. The van der Waals surface area contributed by atoms with Crippen molar-refractivity contribution < 1.29 is 23.5 Å². The largest absolute Gasteiger partial charge is 0.490 e. The first-order valence-electron chi connectivity index (χ1n) is 10.2. The van der Waals surface area contributed by atoms with Gasteiger partial charge in [-0.25, -0.2) is 10.2 Å². The van der Waals surface area contributed by atoms with E-state index < -0.39 is 5.97 Å². The summed E-state index contributed by atoms with van der Waals surface area (Å²) in [6.07, 6.45) is 2.88. The highest BCUT2D eigenvalue weighted by molar-refractivity contribution is 5.95. The van der Waals surface area contributed by atoms with Gasteiger partial charge in [-0.15, -0.1) is 0 Å². The number of hydrogen-bond acceptors (Lipinski definition) is 6. The first-order chi connectivity index (χ1) is 15.3. The quantitative estimate of drug-likeness (QED) is 0.246. The zero-order chi connectivity index (χ0) is 23.1. The second-order valence-corrected chi connectivity index (χ2v) is 8.03. The smallest absolute Gasteiger partial charge is 0.379 e. The van der Waals surface area contributed by atoms with Crippen molar-refractivity contribution in [3.05, 3.63) is 83.3 Å². The van der Waals surface area contributed by atoms with Gasteiger partial charge in [0.1, 0.15) is 0 Å². The average molecular weight is 434 g/mol. The maximum absolute atomic E-state index is 12.3. The number of hydrazone groups is 1. The summed E-state index contributed by atoms with van der Waals surface area (Å²) >= 11 is 0. The Morgan fingerprint density at radius 2 is 1.81 bits per heavy atom. The lowest BCUT2D eigenvalue weighted by molar-refractivity contribution is 0.0695. The number of furan rings is 1. The number of nitrogens with one attached hydrogen (secondary N) is 1. The summed E-state index contributed by atoms with van der Waals surface area (Å²) in [6, 6.07) is 15.5. The molecule has 1 amide bonds. The molecule has 0 radical (unpaired) electrons. The van der Waals surface area contributed by atoms with Gasteiger partial charge in [0.15, 0.2) is 11.5 Å². The van der Waals surface area contributed by atoms with E-state index in [1.165, 1.54) is 18.5 Å². The van der Waals surface area contributed by atoms with E-state index in [0.29, 0.717) is 23.5 Å². The molecule has 0 fully saturated rings. The summed E-state index contributed by atoms with van der Waals surface area (Å²) in [6.45, 7) is 8.56. The molecule has 32 heavy (non-hydrogen) atoms. The summed E-state index contributed by atoms with van der Waals surface area (Å²) < 4.78 is 16.0. The standard InChI is InChI=1S/C25H26N2O5/c1-5-30-22-15-17(8-13-20(22)32-24(29)21-7-6-14-31-21)16-26-27-23(28)18-9-11-19(12-10-18)25(2,3)4/h6-16H,5H2,1-4H3,(H,27,28)/b26-16-. The number of rotatable bonds is 7. The van der Waals surface area contributed by atoms with Crippen LogP contribution in [0.1, 0.15) is 59.7 Å². The molecule has 0 saturated heterocycles. The SMILES string of the molecule is CCOc1cc(/C=N\NC(=O)c2ccc(C(C)(C)C)cc2)ccc1OC(=O)c1ccco1. The van der Waals surface area contributed by atoms with Crippen LogP contribution in [-0.2, 0) is 5.41 Å². The highest BCUT2D eigenvalue weighted by Crippen LogP contribution is 2.29. The van der Waals surface area contributed by atoms with E-state index in [9.17, 15) is 9.59 Å². The molecule has 0 aliphatic carbocycles. The van der Waals surface area contributed by atoms with Gasteiger partial charge in [0, 0.05) is 5.56 Å². The van der Waals surface area contributed by atoms with E-state index in [2.05, 4.69) is 31.3 Å². The van der Waals surface area contributed by atoms with Crippen molar-refractivity contribution in [3.63, 3.8) is 0 Å². The predicted molar refractivity (Wildman–Crippen MR) is 121 cm³/mol. The van der Waals surface area contributed by atoms with E-state index in [-0.39, 0.29) is 22.8 Å². The van der Waals surface area contributed by atoms with Crippen LogP contribution in [0.3, 0.4) is 0 Å². The van der Waals surface area contributed by atoms with Crippen molar-refractivity contribution >= 4 is 18.1 Å². The Balaban J connectivity index is 1.66. The van der Waals surface area contributed by atoms with Gasteiger partial charge >= 0.3 is 5.97 Å². The fourth-order valence-electron chi connectivity index (χ4n) is 2.85. The third-order valence-electron chi connectivity index (χ3n) is 4.59. The Morgan fingerprint density at radius 3 is 2.44 bits per heavy atom. The van der Waals surface area contributed by atoms with Crippen molar-refractivity contribution in [2.24, 2.45) is 5.10 Å². The van der Waals surface area contributed by atoms with Gasteiger partial charge in [0.25, 0.3) is 5.91 Å². The summed E-state index contributed by atoms with van der Waals surface area (Å²) in [5.41, 5.74) is 4.86. The lowest BCUT2D eigenvalue weighted by atomic mass is 9.87.